The second-order valence-electron chi connectivity index (χ2n) is 4.87. The number of nitrogen functional groups attached to an aromatic ring is 1. The van der Waals surface area contributed by atoms with Gasteiger partial charge in [0.15, 0.2) is 0 Å². The van der Waals surface area contributed by atoms with Crippen LogP contribution in [-0.2, 0) is 17.6 Å². The van der Waals surface area contributed by atoms with Gasteiger partial charge in [-0.2, -0.15) is 5.10 Å². The molecule has 2 heterocycles. The Kier molecular flexibility index (Phi) is 5.37. The largest absolute Gasteiger partial charge is 0.384 e. The van der Waals surface area contributed by atoms with Crippen molar-refractivity contribution in [2.24, 2.45) is 5.73 Å². The minimum Gasteiger partial charge on any atom is -0.384 e. The monoisotopic (exact) mass is 294 g/mol. The van der Waals surface area contributed by atoms with E-state index in [-0.39, 0.29) is 11.9 Å². The van der Waals surface area contributed by atoms with E-state index in [9.17, 15) is 0 Å². The first kappa shape index (κ1) is 15.3. The number of nitrogens with two attached hydrogens (primary N) is 1. The molecule has 1 aromatic heterocycles. The van der Waals surface area contributed by atoms with Gasteiger partial charge in [-0.05, 0) is 31.2 Å². The molecule has 6 heteroatoms. The maximum absolute atomic E-state index is 7.85. The second-order valence-corrected chi connectivity index (χ2v) is 5.88. The molecule has 2 rings (SSSR count). The molecule has 110 valence electrons. The number of amidine groups is 1. The number of thioether (sulfide) groups is 1. The number of hydrogen-bond donors (Lipinski definition) is 2. The van der Waals surface area contributed by atoms with Crippen LogP contribution in [0.4, 0.5) is 0 Å². The van der Waals surface area contributed by atoms with Gasteiger partial charge in [0.2, 0.25) is 0 Å². The number of hydrogen-bond acceptors (Lipinski definition) is 5. The summed E-state index contributed by atoms with van der Waals surface area (Å²) in [7, 11) is 0. The van der Waals surface area contributed by atoms with E-state index in [2.05, 4.69) is 17.1 Å². The molecule has 0 spiro atoms. The Balaban J connectivity index is 2.24. The lowest BCUT2D eigenvalue weighted by atomic mass is 10.0. The van der Waals surface area contributed by atoms with Crippen molar-refractivity contribution in [2.75, 3.05) is 12.4 Å². The summed E-state index contributed by atoms with van der Waals surface area (Å²) >= 11 is 1.60. The van der Waals surface area contributed by atoms with Crippen LogP contribution in [0.1, 0.15) is 43.5 Å². The predicted octanol–water partition coefficient (Wildman–Crippen LogP) is 2.16. The highest BCUT2D eigenvalue weighted by Gasteiger charge is 2.20. The van der Waals surface area contributed by atoms with Crippen molar-refractivity contribution < 1.29 is 4.74 Å². The highest BCUT2D eigenvalue weighted by molar-refractivity contribution is 7.99. The molecular weight excluding hydrogens is 272 g/mol. The summed E-state index contributed by atoms with van der Waals surface area (Å²) in [6, 6.07) is 0. The van der Waals surface area contributed by atoms with Gasteiger partial charge in [-0.3, -0.25) is 5.41 Å². The smallest absolute Gasteiger partial charge is 0.130 e. The number of nitrogens with zero attached hydrogens (tertiary/aromatic N) is 2. The fourth-order valence-electron chi connectivity index (χ4n) is 2.48. The predicted molar refractivity (Wildman–Crippen MR) is 81.5 cm³/mol. The van der Waals surface area contributed by atoms with Gasteiger partial charge in [-0.1, -0.05) is 13.8 Å². The molecule has 1 aromatic rings. The van der Waals surface area contributed by atoms with Gasteiger partial charge >= 0.3 is 0 Å². The molecule has 0 radical (unpaired) electrons. The lowest BCUT2D eigenvalue weighted by Crippen LogP contribution is -2.19. The number of ether oxygens (including phenoxy) is 1. The summed E-state index contributed by atoms with van der Waals surface area (Å²) in [5, 5.41) is 17.2. The van der Waals surface area contributed by atoms with Crippen LogP contribution < -0.4 is 5.73 Å². The van der Waals surface area contributed by atoms with Crippen LogP contribution in [0.25, 0.3) is 0 Å². The highest BCUT2D eigenvalue weighted by atomic mass is 32.2. The molecule has 1 aliphatic heterocycles. The lowest BCUT2D eigenvalue weighted by Gasteiger charge is -2.15. The van der Waals surface area contributed by atoms with E-state index in [0.717, 1.165) is 59.9 Å². The highest BCUT2D eigenvalue weighted by Crippen LogP contribution is 2.27. The van der Waals surface area contributed by atoms with Crippen LogP contribution in [0.5, 0.6) is 0 Å². The van der Waals surface area contributed by atoms with Crippen LogP contribution in [0.3, 0.4) is 0 Å². The molecule has 5 nitrogen and oxygen atoms in total. The molecule has 3 N–H and O–H groups in total. The van der Waals surface area contributed by atoms with E-state index in [0.29, 0.717) is 0 Å². The Labute approximate surface area is 124 Å². The normalized spacial score (nSPS) is 18.4. The molecule has 1 saturated heterocycles. The third-order valence-electron chi connectivity index (χ3n) is 3.51. The molecule has 0 aliphatic carbocycles. The van der Waals surface area contributed by atoms with E-state index in [1.165, 1.54) is 0 Å². The molecule has 0 bridgehead atoms. The molecule has 1 atom stereocenters. The Hall–Kier alpha value is -1.14. The van der Waals surface area contributed by atoms with Gasteiger partial charge in [0.1, 0.15) is 10.9 Å². The van der Waals surface area contributed by atoms with Crippen molar-refractivity contribution in [1.82, 2.24) is 10.2 Å². The van der Waals surface area contributed by atoms with Crippen LogP contribution >= 0.6 is 11.8 Å². The van der Waals surface area contributed by atoms with E-state index < -0.39 is 0 Å². The fourth-order valence-corrected chi connectivity index (χ4v) is 3.56. The van der Waals surface area contributed by atoms with Crippen molar-refractivity contribution in [3.8, 4) is 0 Å². The maximum Gasteiger partial charge on any atom is 0.130 e. The Morgan fingerprint density at radius 2 is 2.20 bits per heavy atom. The summed E-state index contributed by atoms with van der Waals surface area (Å²) in [6.45, 7) is 4.97. The third-order valence-corrected chi connectivity index (χ3v) is 4.61. The van der Waals surface area contributed by atoms with Crippen molar-refractivity contribution >= 4 is 17.6 Å². The minimum atomic E-state index is 0.0845. The molecular formula is C14H22N4OS. The number of rotatable bonds is 6. The SMILES string of the molecule is CCc1nnc(SCC2CCCO2)c(C(=N)N)c1CC. The van der Waals surface area contributed by atoms with Crippen LogP contribution in [0.15, 0.2) is 5.03 Å². The Morgan fingerprint density at radius 1 is 1.40 bits per heavy atom. The average Bonchev–Trinajstić information content (AvgIpc) is 2.96. The quantitative estimate of drug-likeness (QED) is 0.477. The van der Waals surface area contributed by atoms with Gasteiger partial charge in [0.05, 0.1) is 17.4 Å². The molecule has 1 aliphatic rings. The standard InChI is InChI=1S/C14H22N4OS/c1-3-10-11(4-2)17-18-14(12(10)13(15)16)20-8-9-6-5-7-19-9/h9H,3-8H2,1-2H3,(H3,15,16). The first-order chi connectivity index (χ1) is 9.67. The van der Waals surface area contributed by atoms with Gasteiger partial charge in [-0.25, -0.2) is 0 Å². The van der Waals surface area contributed by atoms with Crippen LogP contribution in [-0.4, -0.2) is 34.5 Å². The van der Waals surface area contributed by atoms with Crippen molar-refractivity contribution in [3.05, 3.63) is 16.8 Å². The van der Waals surface area contributed by atoms with Gasteiger partial charge in [0.25, 0.3) is 0 Å². The first-order valence-electron chi connectivity index (χ1n) is 7.14. The summed E-state index contributed by atoms with van der Waals surface area (Å²) in [5.41, 5.74) is 8.54. The third kappa shape index (κ3) is 3.30. The van der Waals surface area contributed by atoms with E-state index in [4.69, 9.17) is 15.9 Å². The Morgan fingerprint density at radius 3 is 2.75 bits per heavy atom. The van der Waals surface area contributed by atoms with Gasteiger partial charge in [-0.15, -0.1) is 16.9 Å². The van der Waals surface area contributed by atoms with E-state index in [1.807, 2.05) is 6.92 Å². The zero-order valence-corrected chi connectivity index (χ0v) is 12.9. The number of aromatic nitrogens is 2. The van der Waals surface area contributed by atoms with E-state index in [1.54, 1.807) is 11.8 Å². The Bertz CT molecular complexity index is 486. The van der Waals surface area contributed by atoms with Crippen LogP contribution in [0.2, 0.25) is 0 Å². The average molecular weight is 294 g/mol. The van der Waals surface area contributed by atoms with Crippen molar-refractivity contribution in [1.29, 1.82) is 5.41 Å². The summed E-state index contributed by atoms with van der Waals surface area (Å²) in [5.74, 6) is 0.935. The molecule has 0 amide bonds. The second kappa shape index (κ2) is 7.04. The summed E-state index contributed by atoms with van der Waals surface area (Å²) < 4.78 is 5.62. The van der Waals surface area contributed by atoms with E-state index >= 15 is 0 Å². The zero-order valence-electron chi connectivity index (χ0n) is 12.1. The zero-order chi connectivity index (χ0) is 14.5. The topological polar surface area (TPSA) is 84.9 Å². The molecule has 20 heavy (non-hydrogen) atoms. The van der Waals surface area contributed by atoms with Gasteiger partial charge < -0.3 is 10.5 Å². The van der Waals surface area contributed by atoms with Gasteiger partial charge in [0, 0.05) is 12.4 Å². The molecule has 0 saturated carbocycles. The number of aryl methyl sites for hydroxylation is 1. The lowest BCUT2D eigenvalue weighted by molar-refractivity contribution is 0.129. The fraction of sp³-hybridized carbons (Fsp3) is 0.643. The summed E-state index contributed by atoms with van der Waals surface area (Å²) in [4.78, 5) is 0. The molecule has 1 fully saturated rings. The van der Waals surface area contributed by atoms with Crippen molar-refractivity contribution in [2.45, 2.75) is 50.7 Å². The molecule has 0 aromatic carbocycles. The maximum atomic E-state index is 7.85. The first-order valence-corrected chi connectivity index (χ1v) is 8.13. The number of nitrogens with one attached hydrogen (secondary N) is 1. The minimum absolute atomic E-state index is 0.0845. The van der Waals surface area contributed by atoms with Crippen LogP contribution in [0, 0.1) is 5.41 Å². The summed E-state index contributed by atoms with van der Waals surface area (Å²) in [6.07, 6.45) is 4.15. The van der Waals surface area contributed by atoms with Crippen molar-refractivity contribution in [3.63, 3.8) is 0 Å². The molecule has 1 unspecified atom stereocenters.